The number of rotatable bonds is 1. The SMILES string of the molecule is CC(C)(C)O[C@@H]1C[C@H]2[C@@H]3CCC[C@@]3(C)CC[C@@H]2[C@@]2(C)CCCC[C@H]12. The Hall–Kier alpha value is -0.0400. The molecular weight excluding hydrogens is 292 g/mol. The van der Waals surface area contributed by atoms with Gasteiger partial charge >= 0.3 is 0 Å². The molecule has 0 unspecified atom stereocenters. The summed E-state index contributed by atoms with van der Waals surface area (Å²) in [5.41, 5.74) is 1.22. The van der Waals surface area contributed by atoms with Gasteiger partial charge in [-0.15, -0.1) is 0 Å². The maximum absolute atomic E-state index is 6.74. The Labute approximate surface area is 150 Å². The van der Waals surface area contributed by atoms with Gasteiger partial charge in [0.05, 0.1) is 11.7 Å². The Morgan fingerprint density at radius 3 is 2.29 bits per heavy atom. The summed E-state index contributed by atoms with van der Waals surface area (Å²) >= 11 is 0. The van der Waals surface area contributed by atoms with E-state index in [2.05, 4.69) is 34.6 Å². The fourth-order valence-corrected chi connectivity index (χ4v) is 7.90. The van der Waals surface area contributed by atoms with E-state index in [0.717, 1.165) is 23.7 Å². The maximum Gasteiger partial charge on any atom is 0.0618 e. The van der Waals surface area contributed by atoms with Crippen molar-refractivity contribution in [3.8, 4) is 0 Å². The molecule has 0 heterocycles. The third-order valence-corrected chi connectivity index (χ3v) is 8.85. The summed E-state index contributed by atoms with van der Waals surface area (Å²) in [5, 5.41) is 0. The molecule has 0 radical (unpaired) electrons. The molecule has 0 N–H and O–H groups in total. The molecular formula is C23H40O. The molecule has 4 aliphatic rings. The molecule has 0 spiro atoms. The van der Waals surface area contributed by atoms with Gasteiger partial charge in [0.15, 0.2) is 0 Å². The smallest absolute Gasteiger partial charge is 0.0618 e. The maximum atomic E-state index is 6.74. The monoisotopic (exact) mass is 332 g/mol. The lowest BCUT2D eigenvalue weighted by Gasteiger charge is -2.62. The largest absolute Gasteiger partial charge is 0.372 e. The molecule has 1 heteroatoms. The molecule has 4 fully saturated rings. The second-order valence-electron chi connectivity index (χ2n) is 11.3. The fraction of sp³-hybridized carbons (Fsp3) is 1.00. The first-order valence-electron chi connectivity index (χ1n) is 10.9. The van der Waals surface area contributed by atoms with Crippen LogP contribution in [0, 0.1) is 34.5 Å². The fourth-order valence-electron chi connectivity index (χ4n) is 7.90. The Morgan fingerprint density at radius 2 is 1.54 bits per heavy atom. The number of hydrogen-bond donors (Lipinski definition) is 0. The van der Waals surface area contributed by atoms with Gasteiger partial charge in [-0.25, -0.2) is 0 Å². The van der Waals surface area contributed by atoms with E-state index in [0.29, 0.717) is 16.9 Å². The number of hydrogen-bond acceptors (Lipinski definition) is 1. The average molecular weight is 333 g/mol. The van der Waals surface area contributed by atoms with Crippen LogP contribution in [0.2, 0.25) is 0 Å². The molecule has 0 bridgehead atoms. The first-order valence-corrected chi connectivity index (χ1v) is 10.9. The van der Waals surface area contributed by atoms with Crippen LogP contribution in [-0.2, 0) is 4.74 Å². The first-order chi connectivity index (χ1) is 11.2. The van der Waals surface area contributed by atoms with Crippen molar-refractivity contribution in [3.05, 3.63) is 0 Å². The quantitative estimate of drug-likeness (QED) is 0.525. The van der Waals surface area contributed by atoms with E-state index in [1.807, 2.05) is 0 Å². The summed E-state index contributed by atoms with van der Waals surface area (Å²) in [4.78, 5) is 0. The highest BCUT2D eigenvalue weighted by atomic mass is 16.5. The van der Waals surface area contributed by atoms with E-state index in [-0.39, 0.29) is 5.60 Å². The molecule has 0 aromatic carbocycles. The molecule has 0 aromatic heterocycles. The van der Waals surface area contributed by atoms with E-state index >= 15 is 0 Å². The molecule has 0 saturated heterocycles. The minimum atomic E-state index is 0.00348. The van der Waals surface area contributed by atoms with Crippen LogP contribution in [0.3, 0.4) is 0 Å². The van der Waals surface area contributed by atoms with Crippen molar-refractivity contribution in [1.29, 1.82) is 0 Å². The summed E-state index contributed by atoms with van der Waals surface area (Å²) in [6, 6.07) is 0. The van der Waals surface area contributed by atoms with Crippen molar-refractivity contribution in [1.82, 2.24) is 0 Å². The summed E-state index contributed by atoms with van der Waals surface area (Å²) in [6.07, 6.45) is 15.1. The second-order valence-corrected chi connectivity index (χ2v) is 11.3. The van der Waals surface area contributed by atoms with Gasteiger partial charge in [-0.2, -0.15) is 0 Å². The topological polar surface area (TPSA) is 9.23 Å². The first kappa shape index (κ1) is 17.4. The zero-order valence-corrected chi connectivity index (χ0v) is 16.9. The third-order valence-electron chi connectivity index (χ3n) is 8.85. The van der Waals surface area contributed by atoms with Crippen LogP contribution < -0.4 is 0 Å². The van der Waals surface area contributed by atoms with Gasteiger partial charge in [0.2, 0.25) is 0 Å². The lowest BCUT2D eigenvalue weighted by molar-refractivity contribution is -0.197. The van der Waals surface area contributed by atoms with Crippen molar-refractivity contribution >= 4 is 0 Å². The summed E-state index contributed by atoms with van der Waals surface area (Å²) in [6.45, 7) is 12.1. The van der Waals surface area contributed by atoms with E-state index in [4.69, 9.17) is 4.74 Å². The zero-order chi connectivity index (χ0) is 17.2. The third kappa shape index (κ3) is 2.68. The van der Waals surface area contributed by atoms with Gasteiger partial charge < -0.3 is 4.74 Å². The molecule has 4 saturated carbocycles. The van der Waals surface area contributed by atoms with Gasteiger partial charge in [-0.3, -0.25) is 0 Å². The standard InChI is InChI=1S/C23H40O/c1-21(2,3)24-20-15-16-17-10-8-12-22(17,4)14-11-18(16)23(5)13-7-6-9-19(20)23/h16-20H,6-15H2,1-5H3/t16-,17-,18-,19+,20+,22-,23+/m0/s1. The van der Waals surface area contributed by atoms with Gasteiger partial charge in [-0.1, -0.05) is 33.1 Å². The number of fused-ring (bicyclic) bond motifs is 5. The highest BCUT2D eigenvalue weighted by molar-refractivity contribution is 5.09. The van der Waals surface area contributed by atoms with Crippen LogP contribution in [-0.4, -0.2) is 11.7 Å². The molecule has 0 amide bonds. The normalized spacial score (nSPS) is 51.6. The summed E-state index contributed by atoms with van der Waals surface area (Å²) in [7, 11) is 0. The molecule has 4 aliphatic carbocycles. The Balaban J connectivity index is 1.67. The van der Waals surface area contributed by atoms with Gasteiger partial charge in [0.1, 0.15) is 0 Å². The van der Waals surface area contributed by atoms with Crippen molar-refractivity contribution < 1.29 is 4.74 Å². The average Bonchev–Trinajstić information content (AvgIpc) is 2.87. The van der Waals surface area contributed by atoms with Gasteiger partial charge in [-0.05, 0) is 100 Å². The lowest BCUT2D eigenvalue weighted by atomic mass is 9.45. The van der Waals surface area contributed by atoms with Crippen LogP contribution in [0.15, 0.2) is 0 Å². The van der Waals surface area contributed by atoms with Gasteiger partial charge in [0.25, 0.3) is 0 Å². The Morgan fingerprint density at radius 1 is 0.792 bits per heavy atom. The highest BCUT2D eigenvalue weighted by Gasteiger charge is 2.60. The molecule has 4 rings (SSSR count). The second kappa shape index (κ2) is 5.73. The minimum Gasteiger partial charge on any atom is -0.372 e. The molecule has 24 heavy (non-hydrogen) atoms. The van der Waals surface area contributed by atoms with Crippen molar-refractivity contribution in [2.45, 2.75) is 111 Å². The summed E-state index contributed by atoms with van der Waals surface area (Å²) < 4.78 is 6.74. The Bertz CT molecular complexity index is 477. The Kier molecular flexibility index (Phi) is 4.15. The van der Waals surface area contributed by atoms with E-state index in [1.54, 1.807) is 0 Å². The van der Waals surface area contributed by atoms with Crippen LogP contribution in [0.1, 0.15) is 98.8 Å². The summed E-state index contributed by atoms with van der Waals surface area (Å²) in [5.74, 6) is 3.73. The van der Waals surface area contributed by atoms with E-state index in [1.165, 1.54) is 64.2 Å². The van der Waals surface area contributed by atoms with E-state index < -0.39 is 0 Å². The zero-order valence-electron chi connectivity index (χ0n) is 16.9. The lowest BCUT2D eigenvalue weighted by Crippen LogP contribution is -2.57. The van der Waals surface area contributed by atoms with Crippen molar-refractivity contribution in [3.63, 3.8) is 0 Å². The van der Waals surface area contributed by atoms with E-state index in [9.17, 15) is 0 Å². The number of ether oxygens (including phenoxy) is 1. The van der Waals surface area contributed by atoms with Crippen LogP contribution in [0.25, 0.3) is 0 Å². The predicted molar refractivity (Wildman–Crippen MR) is 101 cm³/mol. The van der Waals surface area contributed by atoms with Crippen molar-refractivity contribution in [2.24, 2.45) is 34.5 Å². The predicted octanol–water partition coefficient (Wildman–Crippen LogP) is 6.60. The molecule has 0 aromatic rings. The highest BCUT2D eigenvalue weighted by Crippen LogP contribution is 2.66. The van der Waals surface area contributed by atoms with Crippen molar-refractivity contribution in [2.75, 3.05) is 0 Å². The molecule has 0 aliphatic heterocycles. The molecule has 1 nitrogen and oxygen atoms in total. The van der Waals surface area contributed by atoms with Gasteiger partial charge in [0, 0.05) is 0 Å². The minimum absolute atomic E-state index is 0.00348. The van der Waals surface area contributed by atoms with Crippen LogP contribution in [0.5, 0.6) is 0 Å². The molecule has 138 valence electrons. The van der Waals surface area contributed by atoms with Crippen LogP contribution in [0.4, 0.5) is 0 Å². The molecule has 7 atom stereocenters. The van der Waals surface area contributed by atoms with Crippen LogP contribution >= 0.6 is 0 Å².